The molecule has 1 amide bonds. The first-order valence-corrected chi connectivity index (χ1v) is 7.87. The van der Waals surface area contributed by atoms with E-state index in [4.69, 9.17) is 0 Å². The zero-order chi connectivity index (χ0) is 13.2. The number of amides is 1. The summed E-state index contributed by atoms with van der Waals surface area (Å²) < 4.78 is 0. The fourth-order valence-electron chi connectivity index (χ4n) is 1.96. The lowest BCUT2D eigenvalue weighted by molar-refractivity contribution is -0.113. The van der Waals surface area contributed by atoms with Crippen molar-refractivity contribution in [3.05, 3.63) is 40.1 Å². The van der Waals surface area contributed by atoms with Crippen LogP contribution in [0.15, 0.2) is 35.2 Å². The van der Waals surface area contributed by atoms with Gasteiger partial charge in [-0.3, -0.25) is 4.79 Å². The monoisotopic (exact) mass is 290 g/mol. The van der Waals surface area contributed by atoms with E-state index in [1.54, 1.807) is 23.1 Å². The van der Waals surface area contributed by atoms with Gasteiger partial charge in [-0.2, -0.15) is 0 Å². The van der Waals surface area contributed by atoms with E-state index in [1.807, 2.05) is 6.07 Å². The molecule has 0 saturated carbocycles. The third-order valence-electron chi connectivity index (χ3n) is 2.88. The Morgan fingerprint density at radius 1 is 1.32 bits per heavy atom. The third-order valence-corrected chi connectivity index (χ3v) is 4.95. The van der Waals surface area contributed by atoms with E-state index < -0.39 is 0 Å². The molecule has 0 saturated heterocycles. The van der Waals surface area contributed by atoms with E-state index in [9.17, 15) is 4.79 Å². The summed E-state index contributed by atoms with van der Waals surface area (Å²) in [5.74, 6) is 0.581. The Balaban J connectivity index is 1.71. The van der Waals surface area contributed by atoms with Crippen molar-refractivity contribution in [2.45, 2.75) is 18.4 Å². The number of nitrogens with one attached hydrogen (secondary N) is 2. The molecular weight excluding hydrogens is 276 g/mol. The van der Waals surface area contributed by atoms with Crippen molar-refractivity contribution in [3.63, 3.8) is 0 Å². The maximum Gasteiger partial charge on any atom is 0.234 e. The van der Waals surface area contributed by atoms with E-state index in [0.29, 0.717) is 5.75 Å². The molecule has 1 aliphatic heterocycles. The Morgan fingerprint density at radius 3 is 3.00 bits per heavy atom. The van der Waals surface area contributed by atoms with Crippen molar-refractivity contribution >= 4 is 40.4 Å². The number of rotatable bonds is 3. The normalized spacial score (nSPS) is 13.8. The second kappa shape index (κ2) is 5.27. The molecule has 2 N–H and O–H groups in total. The van der Waals surface area contributed by atoms with Crippen LogP contribution >= 0.6 is 23.1 Å². The zero-order valence-electron chi connectivity index (χ0n) is 10.5. The summed E-state index contributed by atoms with van der Waals surface area (Å²) in [6, 6.07) is 10.4. The minimum atomic E-state index is 0.0727. The number of thiophene rings is 1. The van der Waals surface area contributed by atoms with Gasteiger partial charge in [-0.25, -0.2) is 0 Å². The minimum absolute atomic E-state index is 0.0727. The molecule has 2 heterocycles. The van der Waals surface area contributed by atoms with Gasteiger partial charge in [0.15, 0.2) is 0 Å². The van der Waals surface area contributed by atoms with Crippen LogP contribution in [-0.4, -0.2) is 11.7 Å². The largest absolute Gasteiger partial charge is 0.380 e. The number of carbonyl (C=O) groups is 1. The van der Waals surface area contributed by atoms with Crippen LogP contribution in [-0.2, 0) is 11.3 Å². The lowest BCUT2D eigenvalue weighted by atomic mass is 10.2. The predicted molar refractivity (Wildman–Crippen MR) is 82.2 cm³/mol. The van der Waals surface area contributed by atoms with Crippen LogP contribution in [0.2, 0.25) is 0 Å². The van der Waals surface area contributed by atoms with E-state index in [-0.39, 0.29) is 5.91 Å². The number of benzene rings is 1. The van der Waals surface area contributed by atoms with Gasteiger partial charge in [-0.15, -0.1) is 23.1 Å². The van der Waals surface area contributed by atoms with Gasteiger partial charge in [-0.1, -0.05) is 0 Å². The first-order valence-electron chi connectivity index (χ1n) is 6.06. The highest BCUT2D eigenvalue weighted by atomic mass is 32.2. The van der Waals surface area contributed by atoms with Crippen molar-refractivity contribution in [1.29, 1.82) is 0 Å². The molecule has 0 unspecified atom stereocenters. The Labute approximate surface area is 120 Å². The summed E-state index contributed by atoms with van der Waals surface area (Å²) in [6.45, 7) is 2.93. The van der Waals surface area contributed by atoms with Crippen LogP contribution in [0.1, 0.15) is 9.75 Å². The van der Waals surface area contributed by atoms with E-state index in [0.717, 1.165) is 22.8 Å². The topological polar surface area (TPSA) is 41.1 Å². The molecule has 0 radical (unpaired) electrons. The van der Waals surface area contributed by atoms with Gasteiger partial charge < -0.3 is 10.6 Å². The molecule has 0 spiro atoms. The second-order valence-electron chi connectivity index (χ2n) is 4.41. The predicted octanol–water partition coefficient (Wildman–Crippen LogP) is 3.71. The fourth-order valence-corrected chi connectivity index (χ4v) is 3.58. The number of hydrogen-bond donors (Lipinski definition) is 2. The average molecular weight is 290 g/mol. The van der Waals surface area contributed by atoms with Crippen molar-refractivity contribution in [2.24, 2.45) is 0 Å². The van der Waals surface area contributed by atoms with Crippen LogP contribution in [0.4, 0.5) is 11.4 Å². The molecule has 2 aromatic rings. The molecule has 3 nitrogen and oxygen atoms in total. The highest BCUT2D eigenvalue weighted by molar-refractivity contribution is 8.00. The van der Waals surface area contributed by atoms with Crippen molar-refractivity contribution in [1.82, 2.24) is 0 Å². The van der Waals surface area contributed by atoms with Crippen LogP contribution in [0.25, 0.3) is 0 Å². The van der Waals surface area contributed by atoms with Crippen LogP contribution in [0, 0.1) is 6.92 Å². The SMILES string of the molecule is Cc1ccc(CNc2ccc3c(c2)NC(=O)CS3)s1. The van der Waals surface area contributed by atoms with Gasteiger partial charge in [0.1, 0.15) is 0 Å². The molecule has 0 atom stereocenters. The number of hydrogen-bond acceptors (Lipinski definition) is 4. The van der Waals surface area contributed by atoms with E-state index in [1.165, 1.54) is 9.75 Å². The number of aryl methyl sites for hydroxylation is 1. The fraction of sp³-hybridized carbons (Fsp3) is 0.214. The number of carbonyl (C=O) groups excluding carboxylic acids is 1. The van der Waals surface area contributed by atoms with Crippen molar-refractivity contribution in [3.8, 4) is 0 Å². The maximum absolute atomic E-state index is 11.4. The number of thioether (sulfide) groups is 1. The van der Waals surface area contributed by atoms with Gasteiger partial charge in [-0.05, 0) is 37.3 Å². The molecule has 1 aromatic carbocycles. The van der Waals surface area contributed by atoms with E-state index in [2.05, 4.69) is 41.8 Å². The standard InChI is InChI=1S/C14H14N2OS2/c1-9-2-4-11(19-9)7-15-10-3-5-13-12(6-10)16-14(17)8-18-13/h2-6,15H,7-8H2,1H3,(H,16,17). The Bertz CT molecular complexity index is 622. The molecule has 1 aromatic heterocycles. The summed E-state index contributed by atoms with van der Waals surface area (Å²) >= 11 is 3.39. The second-order valence-corrected chi connectivity index (χ2v) is 6.80. The summed E-state index contributed by atoms with van der Waals surface area (Å²) in [5, 5.41) is 6.29. The highest BCUT2D eigenvalue weighted by Gasteiger charge is 2.15. The number of fused-ring (bicyclic) bond motifs is 1. The first kappa shape index (κ1) is 12.6. The molecule has 19 heavy (non-hydrogen) atoms. The summed E-state index contributed by atoms with van der Waals surface area (Å²) in [5.41, 5.74) is 1.95. The van der Waals surface area contributed by atoms with Gasteiger partial charge in [0.05, 0.1) is 11.4 Å². The molecule has 98 valence electrons. The molecule has 5 heteroatoms. The van der Waals surface area contributed by atoms with Crippen LogP contribution < -0.4 is 10.6 Å². The smallest absolute Gasteiger partial charge is 0.234 e. The van der Waals surface area contributed by atoms with Crippen LogP contribution in [0.5, 0.6) is 0 Å². The summed E-state index contributed by atoms with van der Waals surface area (Å²) in [7, 11) is 0. The molecular formula is C14H14N2OS2. The van der Waals surface area contributed by atoms with Crippen molar-refractivity contribution < 1.29 is 4.79 Å². The van der Waals surface area contributed by atoms with Gasteiger partial charge in [0, 0.05) is 26.9 Å². The van der Waals surface area contributed by atoms with E-state index >= 15 is 0 Å². The Morgan fingerprint density at radius 2 is 2.21 bits per heavy atom. The molecule has 0 fully saturated rings. The van der Waals surface area contributed by atoms with Gasteiger partial charge in [0.2, 0.25) is 5.91 Å². The maximum atomic E-state index is 11.4. The molecule has 0 aliphatic carbocycles. The number of anilines is 2. The van der Waals surface area contributed by atoms with Gasteiger partial charge in [0.25, 0.3) is 0 Å². The zero-order valence-corrected chi connectivity index (χ0v) is 12.2. The minimum Gasteiger partial charge on any atom is -0.380 e. The third kappa shape index (κ3) is 2.93. The molecule has 1 aliphatic rings. The lowest BCUT2D eigenvalue weighted by Gasteiger charge is -2.17. The summed E-state index contributed by atoms with van der Waals surface area (Å²) in [4.78, 5) is 15.1. The Kier molecular flexibility index (Phi) is 3.48. The summed E-state index contributed by atoms with van der Waals surface area (Å²) in [6.07, 6.45) is 0. The average Bonchev–Trinajstić information content (AvgIpc) is 2.81. The highest BCUT2D eigenvalue weighted by Crippen LogP contribution is 2.33. The first-order chi connectivity index (χ1) is 9.20. The molecule has 0 bridgehead atoms. The lowest BCUT2D eigenvalue weighted by Crippen LogP contribution is -2.18. The van der Waals surface area contributed by atoms with Crippen LogP contribution in [0.3, 0.4) is 0 Å². The Hall–Kier alpha value is -1.46. The van der Waals surface area contributed by atoms with Crippen molar-refractivity contribution in [2.75, 3.05) is 16.4 Å². The molecule has 3 rings (SSSR count). The quantitative estimate of drug-likeness (QED) is 0.905. The van der Waals surface area contributed by atoms with Gasteiger partial charge >= 0.3 is 0 Å².